The standard InChI is InChI=1S/C16H18F3N3O2/c1-10(9-23)7-20-15(24)14-8-21-22(11(14)2)13-5-3-4-12(6-13)16(17,18)19/h3-6,8,10,23H,7,9H2,1-2H3,(H,20,24). The lowest BCUT2D eigenvalue weighted by molar-refractivity contribution is -0.137. The number of amides is 1. The predicted octanol–water partition coefficient (Wildman–Crippen LogP) is 2.56. The molecular weight excluding hydrogens is 323 g/mol. The van der Waals surface area contributed by atoms with Crippen LogP contribution in [0.2, 0.25) is 0 Å². The molecular formula is C16H18F3N3O2. The van der Waals surface area contributed by atoms with E-state index in [4.69, 9.17) is 5.11 Å². The molecule has 1 unspecified atom stereocenters. The summed E-state index contributed by atoms with van der Waals surface area (Å²) < 4.78 is 39.7. The Balaban J connectivity index is 2.25. The van der Waals surface area contributed by atoms with Gasteiger partial charge in [0.15, 0.2) is 0 Å². The summed E-state index contributed by atoms with van der Waals surface area (Å²) in [5.41, 5.74) is 0.156. The first kappa shape index (κ1) is 18.0. The molecule has 0 spiro atoms. The first-order chi connectivity index (χ1) is 11.2. The highest BCUT2D eigenvalue weighted by atomic mass is 19.4. The fraction of sp³-hybridized carbons (Fsp3) is 0.375. The van der Waals surface area contributed by atoms with Gasteiger partial charge >= 0.3 is 6.18 Å². The zero-order chi connectivity index (χ0) is 17.9. The maximum atomic E-state index is 12.8. The molecule has 0 aliphatic rings. The summed E-state index contributed by atoms with van der Waals surface area (Å²) in [6.07, 6.45) is -3.13. The van der Waals surface area contributed by atoms with Crippen molar-refractivity contribution < 1.29 is 23.1 Å². The second-order valence-corrected chi connectivity index (χ2v) is 5.60. The molecule has 0 saturated heterocycles. The Morgan fingerprint density at radius 2 is 2.12 bits per heavy atom. The van der Waals surface area contributed by atoms with Gasteiger partial charge in [-0.2, -0.15) is 18.3 Å². The second-order valence-electron chi connectivity index (χ2n) is 5.60. The zero-order valence-electron chi connectivity index (χ0n) is 13.3. The van der Waals surface area contributed by atoms with E-state index < -0.39 is 11.7 Å². The fourth-order valence-electron chi connectivity index (χ4n) is 2.13. The highest BCUT2D eigenvalue weighted by molar-refractivity contribution is 5.95. The van der Waals surface area contributed by atoms with E-state index >= 15 is 0 Å². The van der Waals surface area contributed by atoms with Gasteiger partial charge in [-0.05, 0) is 31.0 Å². The molecule has 1 heterocycles. The molecule has 0 bridgehead atoms. The Labute approximate surface area is 137 Å². The van der Waals surface area contributed by atoms with Gasteiger partial charge in [0.2, 0.25) is 0 Å². The molecule has 0 aliphatic carbocycles. The van der Waals surface area contributed by atoms with Gasteiger partial charge in [0.05, 0.1) is 28.7 Å². The SMILES string of the molecule is Cc1c(C(=O)NCC(C)CO)cnn1-c1cccc(C(F)(F)F)c1. The molecule has 1 amide bonds. The smallest absolute Gasteiger partial charge is 0.396 e. The monoisotopic (exact) mass is 341 g/mol. The molecule has 0 fully saturated rings. The highest BCUT2D eigenvalue weighted by Gasteiger charge is 2.30. The summed E-state index contributed by atoms with van der Waals surface area (Å²) in [5, 5.41) is 15.6. The van der Waals surface area contributed by atoms with Crippen molar-refractivity contribution in [1.29, 1.82) is 0 Å². The third kappa shape index (κ3) is 3.94. The number of benzene rings is 1. The van der Waals surface area contributed by atoms with E-state index in [2.05, 4.69) is 10.4 Å². The van der Waals surface area contributed by atoms with Gasteiger partial charge in [0.25, 0.3) is 5.91 Å². The Morgan fingerprint density at radius 1 is 1.42 bits per heavy atom. The van der Waals surface area contributed by atoms with Crippen LogP contribution in [0, 0.1) is 12.8 Å². The molecule has 2 N–H and O–H groups in total. The van der Waals surface area contributed by atoms with Gasteiger partial charge in [-0.25, -0.2) is 4.68 Å². The number of aliphatic hydroxyl groups is 1. The lowest BCUT2D eigenvalue weighted by Gasteiger charge is -2.11. The van der Waals surface area contributed by atoms with Crippen LogP contribution in [-0.2, 0) is 6.18 Å². The van der Waals surface area contributed by atoms with Crippen LogP contribution in [0.1, 0.15) is 28.5 Å². The van der Waals surface area contributed by atoms with Gasteiger partial charge in [-0.1, -0.05) is 13.0 Å². The number of halogens is 3. The van der Waals surface area contributed by atoms with E-state index in [1.165, 1.54) is 23.0 Å². The lowest BCUT2D eigenvalue weighted by Crippen LogP contribution is -2.29. The van der Waals surface area contributed by atoms with Crippen molar-refractivity contribution in [3.05, 3.63) is 47.3 Å². The number of aliphatic hydroxyl groups excluding tert-OH is 1. The average molecular weight is 341 g/mol. The van der Waals surface area contributed by atoms with Crippen molar-refractivity contribution in [2.24, 2.45) is 5.92 Å². The molecule has 2 rings (SSSR count). The predicted molar refractivity (Wildman–Crippen MR) is 81.9 cm³/mol. The first-order valence-electron chi connectivity index (χ1n) is 7.35. The van der Waals surface area contributed by atoms with Crippen LogP contribution in [-0.4, -0.2) is 33.9 Å². The summed E-state index contributed by atoms with van der Waals surface area (Å²) in [4.78, 5) is 12.1. The molecule has 8 heteroatoms. The molecule has 1 atom stereocenters. The molecule has 0 saturated carbocycles. The maximum absolute atomic E-state index is 12.8. The molecule has 5 nitrogen and oxygen atoms in total. The van der Waals surface area contributed by atoms with Crippen LogP contribution in [0.4, 0.5) is 13.2 Å². The quantitative estimate of drug-likeness (QED) is 0.878. The lowest BCUT2D eigenvalue weighted by atomic mass is 10.1. The minimum atomic E-state index is -4.45. The van der Waals surface area contributed by atoms with E-state index in [0.29, 0.717) is 12.2 Å². The number of aromatic nitrogens is 2. The van der Waals surface area contributed by atoms with E-state index in [1.807, 2.05) is 0 Å². The molecule has 0 aliphatic heterocycles. The summed E-state index contributed by atoms with van der Waals surface area (Å²) in [5.74, 6) is -0.473. The van der Waals surface area contributed by atoms with E-state index in [1.54, 1.807) is 13.8 Å². The van der Waals surface area contributed by atoms with Crippen LogP contribution in [0.15, 0.2) is 30.5 Å². The third-order valence-corrected chi connectivity index (χ3v) is 3.60. The Hall–Kier alpha value is -2.35. The fourth-order valence-corrected chi connectivity index (χ4v) is 2.13. The van der Waals surface area contributed by atoms with Crippen LogP contribution in [0.25, 0.3) is 5.69 Å². The van der Waals surface area contributed by atoms with Gasteiger partial charge in [0.1, 0.15) is 0 Å². The number of hydrogen-bond donors (Lipinski definition) is 2. The summed E-state index contributed by atoms with van der Waals surface area (Å²) >= 11 is 0. The van der Waals surface area contributed by atoms with Crippen LogP contribution >= 0.6 is 0 Å². The van der Waals surface area contributed by atoms with Crippen LogP contribution < -0.4 is 5.32 Å². The van der Waals surface area contributed by atoms with E-state index in [-0.39, 0.29) is 29.7 Å². The van der Waals surface area contributed by atoms with Crippen molar-refractivity contribution in [1.82, 2.24) is 15.1 Å². The van der Waals surface area contributed by atoms with Crippen LogP contribution in [0.5, 0.6) is 0 Å². The van der Waals surface area contributed by atoms with Crippen molar-refractivity contribution in [3.63, 3.8) is 0 Å². The highest BCUT2D eigenvalue weighted by Crippen LogP contribution is 2.30. The zero-order valence-corrected chi connectivity index (χ0v) is 13.3. The topological polar surface area (TPSA) is 67.2 Å². The van der Waals surface area contributed by atoms with Gasteiger partial charge in [0, 0.05) is 13.2 Å². The van der Waals surface area contributed by atoms with Crippen molar-refractivity contribution >= 4 is 5.91 Å². The Morgan fingerprint density at radius 3 is 2.75 bits per heavy atom. The number of carbonyl (C=O) groups excluding carboxylic acids is 1. The Kier molecular flexibility index (Phi) is 5.28. The number of hydrogen-bond acceptors (Lipinski definition) is 3. The van der Waals surface area contributed by atoms with Gasteiger partial charge < -0.3 is 10.4 Å². The first-order valence-corrected chi connectivity index (χ1v) is 7.35. The second kappa shape index (κ2) is 7.04. The number of rotatable bonds is 5. The summed E-state index contributed by atoms with van der Waals surface area (Å²) in [6, 6.07) is 4.74. The minimum Gasteiger partial charge on any atom is -0.396 e. The van der Waals surface area contributed by atoms with Gasteiger partial charge in [-0.3, -0.25) is 4.79 Å². The largest absolute Gasteiger partial charge is 0.416 e. The van der Waals surface area contributed by atoms with Gasteiger partial charge in [-0.15, -0.1) is 0 Å². The molecule has 2 aromatic rings. The van der Waals surface area contributed by atoms with E-state index in [9.17, 15) is 18.0 Å². The van der Waals surface area contributed by atoms with Crippen LogP contribution in [0.3, 0.4) is 0 Å². The summed E-state index contributed by atoms with van der Waals surface area (Å²) in [6.45, 7) is 3.63. The van der Waals surface area contributed by atoms with Crippen molar-refractivity contribution in [2.45, 2.75) is 20.0 Å². The summed E-state index contributed by atoms with van der Waals surface area (Å²) in [7, 11) is 0. The third-order valence-electron chi connectivity index (χ3n) is 3.60. The molecule has 1 aromatic heterocycles. The number of nitrogens with one attached hydrogen (secondary N) is 1. The number of carbonyl (C=O) groups is 1. The maximum Gasteiger partial charge on any atom is 0.416 e. The Bertz CT molecular complexity index is 726. The molecule has 24 heavy (non-hydrogen) atoms. The number of nitrogens with zero attached hydrogens (tertiary/aromatic N) is 2. The molecule has 1 aromatic carbocycles. The minimum absolute atomic E-state index is 0.0528. The molecule has 130 valence electrons. The molecule has 0 radical (unpaired) electrons. The normalized spacial score (nSPS) is 12.9. The van der Waals surface area contributed by atoms with Crippen molar-refractivity contribution in [2.75, 3.05) is 13.2 Å². The van der Waals surface area contributed by atoms with Crippen molar-refractivity contribution in [3.8, 4) is 5.69 Å². The number of alkyl halides is 3. The van der Waals surface area contributed by atoms with E-state index in [0.717, 1.165) is 12.1 Å². The average Bonchev–Trinajstić information content (AvgIpc) is 2.93.